The van der Waals surface area contributed by atoms with Gasteiger partial charge in [-0.1, -0.05) is 0 Å². The number of carboxylic acid groups (broad SMARTS) is 1. The second-order valence-corrected chi connectivity index (χ2v) is 2.72. The van der Waals surface area contributed by atoms with Gasteiger partial charge >= 0.3 is 5.97 Å². The number of aliphatic hydroxyl groups excluding tert-OH is 1. The number of methoxy groups -OCH3 is 1. The van der Waals surface area contributed by atoms with E-state index in [4.69, 9.17) is 10.2 Å². The third kappa shape index (κ3) is 2.04. The van der Waals surface area contributed by atoms with Crippen LogP contribution in [0.4, 0.5) is 8.78 Å². The summed E-state index contributed by atoms with van der Waals surface area (Å²) in [5.74, 6) is -4.26. The minimum atomic E-state index is -2.16. The summed E-state index contributed by atoms with van der Waals surface area (Å²) in [6.07, 6.45) is -2.16. The Morgan fingerprint density at radius 1 is 1.40 bits per heavy atom. The van der Waals surface area contributed by atoms with Crippen LogP contribution in [0.5, 0.6) is 5.75 Å². The average Bonchev–Trinajstić information content (AvgIpc) is 2.19. The standard InChI is InChI=1S/C9H8F2O4/c1-15-8-5(11)3-2-4(10)6(8)7(12)9(13)14/h2-3,7,12H,1H3,(H,13,14). The molecule has 0 aliphatic rings. The molecule has 0 aromatic heterocycles. The van der Waals surface area contributed by atoms with Gasteiger partial charge in [0.1, 0.15) is 5.82 Å². The molecule has 0 spiro atoms. The molecule has 1 unspecified atom stereocenters. The molecule has 0 heterocycles. The third-order valence-corrected chi connectivity index (χ3v) is 1.81. The minimum absolute atomic E-state index is 0.607. The van der Waals surface area contributed by atoms with Crippen LogP contribution in [0.3, 0.4) is 0 Å². The van der Waals surface area contributed by atoms with Crippen LogP contribution in [0.2, 0.25) is 0 Å². The van der Waals surface area contributed by atoms with E-state index >= 15 is 0 Å². The molecule has 1 atom stereocenters. The summed E-state index contributed by atoms with van der Waals surface area (Å²) in [6, 6.07) is 1.51. The second-order valence-electron chi connectivity index (χ2n) is 2.72. The smallest absolute Gasteiger partial charge is 0.337 e. The van der Waals surface area contributed by atoms with Gasteiger partial charge in [0.25, 0.3) is 0 Å². The summed E-state index contributed by atoms with van der Waals surface area (Å²) >= 11 is 0. The SMILES string of the molecule is COc1c(F)ccc(F)c1C(O)C(=O)O. The second kappa shape index (κ2) is 4.22. The summed E-state index contributed by atoms with van der Waals surface area (Å²) in [4.78, 5) is 10.4. The molecule has 0 saturated heterocycles. The summed E-state index contributed by atoms with van der Waals surface area (Å²) < 4.78 is 30.7. The highest BCUT2D eigenvalue weighted by Gasteiger charge is 2.26. The van der Waals surface area contributed by atoms with Gasteiger partial charge in [-0.25, -0.2) is 13.6 Å². The first kappa shape index (κ1) is 11.4. The van der Waals surface area contributed by atoms with Crippen molar-refractivity contribution in [2.24, 2.45) is 0 Å². The molecular weight excluding hydrogens is 210 g/mol. The van der Waals surface area contributed by atoms with Crippen LogP contribution < -0.4 is 4.74 Å². The van der Waals surface area contributed by atoms with Gasteiger partial charge in [0.2, 0.25) is 0 Å². The molecule has 0 amide bonds. The van der Waals surface area contributed by atoms with Crippen LogP contribution in [0.1, 0.15) is 11.7 Å². The number of ether oxygens (including phenoxy) is 1. The molecule has 4 nitrogen and oxygen atoms in total. The monoisotopic (exact) mass is 218 g/mol. The number of hydrogen-bond acceptors (Lipinski definition) is 3. The van der Waals surface area contributed by atoms with E-state index < -0.39 is 35.0 Å². The van der Waals surface area contributed by atoms with Crippen molar-refractivity contribution < 1.29 is 28.5 Å². The molecule has 0 aliphatic carbocycles. The maximum Gasteiger partial charge on any atom is 0.337 e. The Morgan fingerprint density at radius 2 is 1.93 bits per heavy atom. The quantitative estimate of drug-likeness (QED) is 0.796. The number of carboxylic acids is 1. The maximum absolute atomic E-state index is 13.2. The van der Waals surface area contributed by atoms with Crippen LogP contribution in [0.25, 0.3) is 0 Å². The summed E-state index contributed by atoms with van der Waals surface area (Å²) in [7, 11) is 1.05. The van der Waals surface area contributed by atoms with E-state index in [1.807, 2.05) is 0 Å². The Kier molecular flexibility index (Phi) is 3.21. The van der Waals surface area contributed by atoms with Crippen molar-refractivity contribution in [2.45, 2.75) is 6.10 Å². The lowest BCUT2D eigenvalue weighted by molar-refractivity contribution is -0.147. The van der Waals surface area contributed by atoms with Gasteiger partial charge in [-0.15, -0.1) is 0 Å². The lowest BCUT2D eigenvalue weighted by Crippen LogP contribution is -2.14. The van der Waals surface area contributed by atoms with Crippen molar-refractivity contribution in [1.29, 1.82) is 0 Å². The number of aliphatic carboxylic acids is 1. The fourth-order valence-electron chi connectivity index (χ4n) is 1.13. The van der Waals surface area contributed by atoms with E-state index in [1.165, 1.54) is 0 Å². The fraction of sp³-hybridized carbons (Fsp3) is 0.222. The van der Waals surface area contributed by atoms with E-state index in [9.17, 15) is 13.6 Å². The molecule has 15 heavy (non-hydrogen) atoms. The Labute approximate surface area is 83.7 Å². The third-order valence-electron chi connectivity index (χ3n) is 1.81. The van der Waals surface area contributed by atoms with Crippen molar-refractivity contribution in [3.63, 3.8) is 0 Å². The van der Waals surface area contributed by atoms with E-state index in [1.54, 1.807) is 0 Å². The number of aliphatic hydroxyl groups is 1. The van der Waals surface area contributed by atoms with Gasteiger partial charge in [-0.05, 0) is 12.1 Å². The first-order valence-electron chi connectivity index (χ1n) is 3.91. The molecule has 1 aromatic carbocycles. The molecule has 0 aliphatic heterocycles. The molecule has 6 heteroatoms. The Morgan fingerprint density at radius 3 is 2.40 bits per heavy atom. The van der Waals surface area contributed by atoms with Gasteiger partial charge in [-0.3, -0.25) is 0 Å². The predicted octanol–water partition coefficient (Wildman–Crippen LogP) is 1.09. The number of hydrogen-bond donors (Lipinski definition) is 2. The summed E-state index contributed by atoms with van der Waals surface area (Å²) in [5.41, 5.74) is -0.718. The van der Waals surface area contributed by atoms with Gasteiger partial charge in [-0.2, -0.15) is 0 Å². The molecule has 0 saturated carbocycles. The lowest BCUT2D eigenvalue weighted by atomic mass is 10.1. The van der Waals surface area contributed by atoms with Crippen LogP contribution >= 0.6 is 0 Å². The summed E-state index contributed by atoms with van der Waals surface area (Å²) in [6.45, 7) is 0. The van der Waals surface area contributed by atoms with Gasteiger partial charge in [0.05, 0.1) is 12.7 Å². The summed E-state index contributed by atoms with van der Waals surface area (Å²) in [5, 5.41) is 17.6. The zero-order chi connectivity index (χ0) is 11.6. The average molecular weight is 218 g/mol. The number of halogens is 2. The van der Waals surface area contributed by atoms with E-state index in [0.717, 1.165) is 19.2 Å². The van der Waals surface area contributed by atoms with Crippen LogP contribution in [-0.4, -0.2) is 23.3 Å². The lowest BCUT2D eigenvalue weighted by Gasteiger charge is -2.12. The van der Waals surface area contributed by atoms with Crippen molar-refractivity contribution in [3.8, 4) is 5.75 Å². The highest BCUT2D eigenvalue weighted by Crippen LogP contribution is 2.30. The topological polar surface area (TPSA) is 66.8 Å². The normalized spacial score (nSPS) is 12.3. The first-order valence-corrected chi connectivity index (χ1v) is 3.91. The van der Waals surface area contributed by atoms with E-state index in [0.29, 0.717) is 0 Å². The molecule has 0 fully saturated rings. The maximum atomic E-state index is 13.2. The first-order chi connectivity index (χ1) is 6.99. The molecule has 82 valence electrons. The molecule has 0 radical (unpaired) electrons. The van der Waals surface area contributed by atoms with Crippen LogP contribution in [-0.2, 0) is 4.79 Å². The zero-order valence-corrected chi connectivity index (χ0v) is 7.70. The van der Waals surface area contributed by atoms with Crippen LogP contribution in [0.15, 0.2) is 12.1 Å². The molecule has 1 rings (SSSR count). The van der Waals surface area contributed by atoms with Crippen molar-refractivity contribution in [2.75, 3.05) is 7.11 Å². The molecule has 0 bridgehead atoms. The van der Waals surface area contributed by atoms with Gasteiger partial charge in [0.15, 0.2) is 17.7 Å². The number of carbonyl (C=O) groups is 1. The fourth-order valence-corrected chi connectivity index (χ4v) is 1.13. The predicted molar refractivity (Wildman–Crippen MR) is 45.5 cm³/mol. The molecule has 2 N–H and O–H groups in total. The highest BCUT2D eigenvalue weighted by molar-refractivity contribution is 5.75. The van der Waals surface area contributed by atoms with E-state index in [2.05, 4.69) is 4.74 Å². The highest BCUT2D eigenvalue weighted by atomic mass is 19.1. The van der Waals surface area contributed by atoms with Gasteiger partial charge < -0.3 is 14.9 Å². The Bertz CT molecular complexity index is 392. The van der Waals surface area contributed by atoms with E-state index in [-0.39, 0.29) is 0 Å². The minimum Gasteiger partial charge on any atom is -0.493 e. The van der Waals surface area contributed by atoms with Crippen molar-refractivity contribution >= 4 is 5.97 Å². The number of benzene rings is 1. The van der Waals surface area contributed by atoms with Crippen LogP contribution in [0, 0.1) is 11.6 Å². The van der Waals surface area contributed by atoms with Crippen molar-refractivity contribution in [1.82, 2.24) is 0 Å². The largest absolute Gasteiger partial charge is 0.493 e. The molecule has 1 aromatic rings. The Balaban J connectivity index is 3.37. The number of rotatable bonds is 3. The molecular formula is C9H8F2O4. The zero-order valence-electron chi connectivity index (χ0n) is 7.70. The Hall–Kier alpha value is -1.69. The van der Waals surface area contributed by atoms with Gasteiger partial charge in [0, 0.05) is 0 Å². The van der Waals surface area contributed by atoms with Crippen molar-refractivity contribution in [3.05, 3.63) is 29.3 Å².